The molecule has 0 atom stereocenters. The number of fused-ring (bicyclic) bond motifs is 9. The summed E-state index contributed by atoms with van der Waals surface area (Å²) in [6.07, 6.45) is 3.80. The zero-order valence-electron chi connectivity index (χ0n) is 33.2. The number of aromatic nitrogens is 2. The van der Waals surface area contributed by atoms with Gasteiger partial charge in [0.05, 0.1) is 22.6 Å². The fourth-order valence-corrected chi connectivity index (χ4v) is 8.79. The van der Waals surface area contributed by atoms with E-state index in [9.17, 15) is 5.41 Å². The summed E-state index contributed by atoms with van der Waals surface area (Å²) in [5, 5.41) is 24.1. The Kier molecular flexibility index (Phi) is 8.94. The maximum atomic E-state index is 9.18. The van der Waals surface area contributed by atoms with Crippen molar-refractivity contribution in [1.82, 2.24) is 9.61 Å². The molecular formula is C57H38N4. The van der Waals surface area contributed by atoms with Gasteiger partial charge in [-0.1, -0.05) is 194 Å². The lowest BCUT2D eigenvalue weighted by Gasteiger charge is -2.12. The number of pyridine rings is 1. The van der Waals surface area contributed by atoms with Crippen LogP contribution in [0.4, 0.5) is 0 Å². The zero-order chi connectivity index (χ0) is 40.7. The van der Waals surface area contributed by atoms with Crippen LogP contribution in [-0.4, -0.2) is 21.5 Å². The van der Waals surface area contributed by atoms with Crippen LogP contribution in [0.3, 0.4) is 0 Å². The second-order valence-electron chi connectivity index (χ2n) is 15.4. The molecule has 11 rings (SSSR count). The second-order valence-corrected chi connectivity index (χ2v) is 15.4. The Hall–Kier alpha value is -8.21. The van der Waals surface area contributed by atoms with E-state index in [2.05, 4.69) is 180 Å². The van der Waals surface area contributed by atoms with Crippen molar-refractivity contribution in [2.24, 2.45) is 4.99 Å². The molecule has 1 N–H and O–H groups in total. The summed E-state index contributed by atoms with van der Waals surface area (Å²) in [4.78, 5) is 5.20. The highest BCUT2D eigenvalue weighted by molar-refractivity contribution is 6.25. The first-order chi connectivity index (χ1) is 30.2. The molecule has 286 valence electrons. The Labute approximate surface area is 353 Å². The smallest absolute Gasteiger partial charge is 0.101 e. The number of hydrogen-bond donors (Lipinski definition) is 1. The van der Waals surface area contributed by atoms with Gasteiger partial charge in [-0.2, -0.15) is 5.10 Å². The fourth-order valence-electron chi connectivity index (χ4n) is 8.79. The van der Waals surface area contributed by atoms with Crippen molar-refractivity contribution < 1.29 is 0 Å². The molecule has 4 heteroatoms. The van der Waals surface area contributed by atoms with Crippen molar-refractivity contribution in [1.29, 1.82) is 5.41 Å². The standard InChI is InChI=1S/C57H38N4/c58-52(39-18-4-1-5-19-39)36-53(43-31-32-50-48-29-13-12-27-46(48)47-28-14-15-30-49(47)51(50)34-43)59-37-38-17-16-25-44(33-38)56-55(41-22-8-3-9-23-41)57-45-26-11-10-24-42(45)35-54(61(57)60-56)40-20-6-2-7-21-40/h1-37,58H/b53-36-,58-52?,59-37?. The van der Waals surface area contributed by atoms with E-state index in [0.717, 1.165) is 72.0 Å². The molecule has 11 aromatic rings. The van der Waals surface area contributed by atoms with Crippen LogP contribution in [0.25, 0.3) is 87.9 Å². The Bertz CT molecular complexity index is 3490. The van der Waals surface area contributed by atoms with Gasteiger partial charge in [-0.15, -0.1) is 0 Å². The van der Waals surface area contributed by atoms with Gasteiger partial charge in [-0.25, -0.2) is 4.52 Å². The molecule has 0 amide bonds. The van der Waals surface area contributed by atoms with Crippen molar-refractivity contribution in [3.05, 3.63) is 235 Å². The monoisotopic (exact) mass is 778 g/mol. The normalized spacial score (nSPS) is 12.0. The minimum Gasteiger partial charge on any atom is -0.300 e. The molecule has 0 aliphatic rings. The first kappa shape index (κ1) is 35.9. The quantitative estimate of drug-likeness (QED) is 0.121. The molecule has 0 fully saturated rings. The Balaban J connectivity index is 1.08. The largest absolute Gasteiger partial charge is 0.300 e. The molecule has 2 aromatic heterocycles. The minimum absolute atomic E-state index is 0.392. The average Bonchev–Trinajstić information content (AvgIpc) is 3.75. The summed E-state index contributed by atoms with van der Waals surface area (Å²) in [5.41, 5.74) is 11.1. The van der Waals surface area contributed by atoms with Crippen LogP contribution in [0, 0.1) is 5.41 Å². The molecule has 0 aliphatic heterocycles. The van der Waals surface area contributed by atoms with E-state index < -0.39 is 0 Å². The van der Waals surface area contributed by atoms with E-state index in [-0.39, 0.29) is 0 Å². The lowest BCUT2D eigenvalue weighted by Crippen LogP contribution is -1.96. The summed E-state index contributed by atoms with van der Waals surface area (Å²) in [7, 11) is 0. The van der Waals surface area contributed by atoms with E-state index in [1.54, 1.807) is 0 Å². The predicted octanol–water partition coefficient (Wildman–Crippen LogP) is 14.5. The molecule has 0 saturated carbocycles. The maximum absolute atomic E-state index is 9.18. The van der Waals surface area contributed by atoms with Gasteiger partial charge < -0.3 is 5.41 Å². The number of aliphatic imine (C=N–C) groups is 1. The third kappa shape index (κ3) is 6.48. The van der Waals surface area contributed by atoms with Gasteiger partial charge in [0.2, 0.25) is 0 Å². The Morgan fingerprint density at radius 1 is 0.459 bits per heavy atom. The van der Waals surface area contributed by atoms with Crippen molar-refractivity contribution in [3.8, 4) is 33.6 Å². The van der Waals surface area contributed by atoms with E-state index in [4.69, 9.17) is 10.1 Å². The zero-order valence-corrected chi connectivity index (χ0v) is 33.2. The van der Waals surface area contributed by atoms with Crippen molar-refractivity contribution >= 4 is 66.2 Å². The molecule has 0 bridgehead atoms. The van der Waals surface area contributed by atoms with E-state index >= 15 is 0 Å². The predicted molar refractivity (Wildman–Crippen MR) is 257 cm³/mol. The minimum atomic E-state index is 0.392. The molecular weight excluding hydrogens is 741 g/mol. The molecule has 2 heterocycles. The number of hydrogen-bond acceptors (Lipinski definition) is 3. The van der Waals surface area contributed by atoms with Crippen molar-refractivity contribution in [2.45, 2.75) is 0 Å². The summed E-state index contributed by atoms with van der Waals surface area (Å²) in [6.45, 7) is 0. The third-order valence-electron chi connectivity index (χ3n) is 11.7. The molecule has 0 aliphatic carbocycles. The van der Waals surface area contributed by atoms with E-state index in [0.29, 0.717) is 11.4 Å². The first-order valence-corrected chi connectivity index (χ1v) is 20.6. The third-order valence-corrected chi connectivity index (χ3v) is 11.7. The van der Waals surface area contributed by atoms with Crippen LogP contribution in [-0.2, 0) is 0 Å². The van der Waals surface area contributed by atoms with Crippen molar-refractivity contribution in [3.63, 3.8) is 0 Å². The highest BCUT2D eigenvalue weighted by Gasteiger charge is 2.21. The van der Waals surface area contributed by atoms with Gasteiger partial charge in [-0.05, 0) is 78.7 Å². The summed E-state index contributed by atoms with van der Waals surface area (Å²) < 4.78 is 2.12. The van der Waals surface area contributed by atoms with E-state index in [1.165, 1.54) is 26.9 Å². The summed E-state index contributed by atoms with van der Waals surface area (Å²) in [5.74, 6) is 0. The lowest BCUT2D eigenvalue weighted by molar-refractivity contribution is 0.979. The van der Waals surface area contributed by atoms with Gasteiger partial charge in [0.15, 0.2) is 0 Å². The average molecular weight is 779 g/mol. The van der Waals surface area contributed by atoms with Crippen LogP contribution in [0.1, 0.15) is 16.7 Å². The van der Waals surface area contributed by atoms with Gasteiger partial charge in [0, 0.05) is 33.9 Å². The first-order valence-electron chi connectivity index (χ1n) is 20.6. The van der Waals surface area contributed by atoms with E-state index in [1.807, 2.05) is 48.7 Å². The lowest BCUT2D eigenvalue weighted by atomic mass is 9.92. The molecule has 0 saturated heterocycles. The van der Waals surface area contributed by atoms with Gasteiger partial charge in [0.1, 0.15) is 5.69 Å². The topological polar surface area (TPSA) is 53.5 Å². The van der Waals surface area contributed by atoms with Crippen LogP contribution >= 0.6 is 0 Å². The Morgan fingerprint density at radius 3 is 1.70 bits per heavy atom. The Morgan fingerprint density at radius 2 is 1.02 bits per heavy atom. The highest BCUT2D eigenvalue weighted by atomic mass is 15.2. The van der Waals surface area contributed by atoms with Crippen LogP contribution in [0.5, 0.6) is 0 Å². The number of benzene rings is 9. The molecule has 9 aromatic carbocycles. The number of allylic oxidation sites excluding steroid dienone is 1. The number of nitrogens with zero attached hydrogens (tertiary/aromatic N) is 3. The summed E-state index contributed by atoms with van der Waals surface area (Å²) >= 11 is 0. The van der Waals surface area contributed by atoms with Crippen LogP contribution in [0.2, 0.25) is 0 Å². The maximum Gasteiger partial charge on any atom is 0.101 e. The van der Waals surface area contributed by atoms with Gasteiger partial charge >= 0.3 is 0 Å². The SMILES string of the molecule is N=C(/C=C(\N=Cc1cccc(-c2nn3c(-c4ccccc4)cc4ccccc4c3c2-c2ccccc2)c1)c1ccc2c3ccccc3c3ccccc3c2c1)c1ccccc1. The number of nitrogens with one attached hydrogen (secondary N) is 1. The molecule has 61 heavy (non-hydrogen) atoms. The molecule has 0 radical (unpaired) electrons. The van der Waals surface area contributed by atoms with Gasteiger partial charge in [-0.3, -0.25) is 4.99 Å². The molecule has 0 unspecified atom stereocenters. The molecule has 4 nitrogen and oxygen atoms in total. The van der Waals surface area contributed by atoms with Crippen molar-refractivity contribution in [2.75, 3.05) is 0 Å². The second kappa shape index (κ2) is 15.2. The summed E-state index contributed by atoms with van der Waals surface area (Å²) in [6, 6.07) is 74.0. The molecule has 0 spiro atoms. The fraction of sp³-hybridized carbons (Fsp3) is 0. The van der Waals surface area contributed by atoms with Crippen LogP contribution in [0.15, 0.2) is 223 Å². The number of rotatable bonds is 8. The highest BCUT2D eigenvalue weighted by Crippen LogP contribution is 2.41. The van der Waals surface area contributed by atoms with Gasteiger partial charge in [0.25, 0.3) is 0 Å². The van der Waals surface area contributed by atoms with Crippen LogP contribution < -0.4 is 0 Å².